The van der Waals surface area contributed by atoms with Gasteiger partial charge in [0.25, 0.3) is 0 Å². The first-order chi connectivity index (χ1) is 8.65. The lowest BCUT2D eigenvalue weighted by atomic mass is 10.2. The number of hydrogen-bond acceptors (Lipinski definition) is 5. The summed E-state index contributed by atoms with van der Waals surface area (Å²) in [5.74, 6) is 0. The minimum absolute atomic E-state index is 0.0913. The molecule has 0 aromatic carbocycles. The second kappa shape index (κ2) is 5.26. The molecule has 2 aromatic rings. The number of thiazole rings is 1. The number of thioether (sulfide) groups is 1. The van der Waals surface area contributed by atoms with E-state index < -0.39 is 0 Å². The highest BCUT2D eigenvalue weighted by Gasteiger charge is 2.14. The highest BCUT2D eigenvalue weighted by molar-refractivity contribution is 7.99. The van der Waals surface area contributed by atoms with E-state index >= 15 is 0 Å². The molecular weight excluding hydrogens is 264 g/mol. The van der Waals surface area contributed by atoms with E-state index in [-0.39, 0.29) is 5.57 Å². The van der Waals surface area contributed by atoms with E-state index in [9.17, 15) is 0 Å². The Balaban J connectivity index is 2.59. The van der Waals surface area contributed by atoms with Crippen molar-refractivity contribution in [3.63, 3.8) is 0 Å². The van der Waals surface area contributed by atoms with Gasteiger partial charge in [-0.3, -0.25) is 4.40 Å². The Bertz CT molecular complexity index is 663. The number of hydrogen-bond donors (Lipinski definition) is 0. The summed E-state index contributed by atoms with van der Waals surface area (Å²) < 4.78 is 1.91. The second-order valence-electron chi connectivity index (χ2n) is 3.81. The zero-order valence-electron chi connectivity index (χ0n) is 9.91. The fraction of sp³-hybridized carbons (Fsp3) is 0.250. The number of imidazole rings is 1. The third kappa shape index (κ3) is 2.40. The van der Waals surface area contributed by atoms with Crippen molar-refractivity contribution in [2.75, 3.05) is 0 Å². The molecule has 0 fully saturated rings. The van der Waals surface area contributed by atoms with Crippen LogP contribution in [0.1, 0.15) is 19.5 Å². The third-order valence-electron chi connectivity index (χ3n) is 2.13. The minimum Gasteiger partial charge on any atom is -0.290 e. The molecule has 0 unspecified atom stereocenters. The van der Waals surface area contributed by atoms with Crippen LogP contribution in [0, 0.1) is 22.7 Å². The standard InChI is InChI=1S/C12H10N4S2/c1-8(2)18-11-10(5-9(6-13)7-14)16-3-4-17-12(16)15-11/h3-5,8H,1-2H3. The van der Waals surface area contributed by atoms with Gasteiger partial charge in [0.1, 0.15) is 22.7 Å². The van der Waals surface area contributed by atoms with Crippen molar-refractivity contribution in [3.8, 4) is 12.1 Å². The van der Waals surface area contributed by atoms with Crippen molar-refractivity contribution >= 4 is 34.1 Å². The van der Waals surface area contributed by atoms with Gasteiger partial charge in [0.2, 0.25) is 0 Å². The molecule has 0 spiro atoms. The Morgan fingerprint density at radius 2 is 2.22 bits per heavy atom. The second-order valence-corrected chi connectivity index (χ2v) is 6.24. The van der Waals surface area contributed by atoms with E-state index in [4.69, 9.17) is 10.5 Å². The van der Waals surface area contributed by atoms with Crippen molar-refractivity contribution in [2.45, 2.75) is 24.1 Å². The van der Waals surface area contributed by atoms with Crippen LogP contribution in [0.3, 0.4) is 0 Å². The van der Waals surface area contributed by atoms with Crippen LogP contribution >= 0.6 is 23.1 Å². The first kappa shape index (κ1) is 12.7. The van der Waals surface area contributed by atoms with E-state index in [1.54, 1.807) is 17.8 Å². The molecule has 0 aliphatic carbocycles. The number of fused-ring (bicyclic) bond motifs is 1. The largest absolute Gasteiger partial charge is 0.290 e. The molecule has 0 amide bonds. The highest BCUT2D eigenvalue weighted by atomic mass is 32.2. The molecule has 18 heavy (non-hydrogen) atoms. The number of aromatic nitrogens is 2. The van der Waals surface area contributed by atoms with Crippen LogP contribution in [0.5, 0.6) is 0 Å². The van der Waals surface area contributed by atoms with Crippen LogP contribution in [-0.4, -0.2) is 14.6 Å². The molecule has 0 atom stereocenters. The smallest absolute Gasteiger partial charge is 0.195 e. The zero-order chi connectivity index (χ0) is 13.1. The maximum absolute atomic E-state index is 8.85. The predicted molar refractivity (Wildman–Crippen MR) is 73.3 cm³/mol. The number of rotatable bonds is 3. The van der Waals surface area contributed by atoms with Crippen LogP contribution in [0.4, 0.5) is 0 Å². The van der Waals surface area contributed by atoms with Gasteiger partial charge in [-0.05, 0) is 6.08 Å². The average molecular weight is 274 g/mol. The molecule has 2 aromatic heterocycles. The lowest BCUT2D eigenvalue weighted by Crippen LogP contribution is -1.90. The van der Waals surface area contributed by atoms with E-state index in [0.29, 0.717) is 5.25 Å². The average Bonchev–Trinajstić information content (AvgIpc) is 2.87. The minimum atomic E-state index is 0.0913. The molecule has 2 rings (SSSR count). The Morgan fingerprint density at radius 1 is 1.50 bits per heavy atom. The molecule has 2 heterocycles. The fourth-order valence-corrected chi connectivity index (χ4v) is 3.09. The van der Waals surface area contributed by atoms with Gasteiger partial charge < -0.3 is 0 Å². The molecule has 0 bridgehead atoms. The Labute approximate surface area is 113 Å². The topological polar surface area (TPSA) is 64.9 Å². The van der Waals surface area contributed by atoms with Crippen LogP contribution in [0.15, 0.2) is 22.2 Å². The highest BCUT2D eigenvalue weighted by Crippen LogP contribution is 2.30. The van der Waals surface area contributed by atoms with Crippen LogP contribution in [0.25, 0.3) is 11.0 Å². The molecular formula is C12H10N4S2. The van der Waals surface area contributed by atoms with Crippen LogP contribution in [0.2, 0.25) is 0 Å². The van der Waals surface area contributed by atoms with E-state index in [2.05, 4.69) is 18.8 Å². The van der Waals surface area contributed by atoms with Crippen molar-refractivity contribution in [1.82, 2.24) is 9.38 Å². The first-order valence-corrected chi connectivity index (χ1v) is 7.05. The summed E-state index contributed by atoms with van der Waals surface area (Å²) in [5.41, 5.74) is 0.900. The van der Waals surface area contributed by atoms with Gasteiger partial charge in [-0.15, -0.1) is 23.1 Å². The molecule has 4 nitrogen and oxygen atoms in total. The van der Waals surface area contributed by atoms with Gasteiger partial charge in [-0.2, -0.15) is 10.5 Å². The monoisotopic (exact) mass is 274 g/mol. The SMILES string of the molecule is CC(C)Sc1nc2sccn2c1C=C(C#N)C#N. The molecule has 0 radical (unpaired) electrons. The van der Waals surface area contributed by atoms with Crippen LogP contribution < -0.4 is 0 Å². The quantitative estimate of drug-likeness (QED) is 0.636. The summed E-state index contributed by atoms with van der Waals surface area (Å²) in [5, 5.41) is 20.9. The molecule has 0 aliphatic rings. The maximum Gasteiger partial charge on any atom is 0.195 e. The summed E-state index contributed by atoms with van der Waals surface area (Å²) >= 11 is 3.16. The summed E-state index contributed by atoms with van der Waals surface area (Å²) in [4.78, 5) is 5.39. The molecule has 0 saturated heterocycles. The summed E-state index contributed by atoms with van der Waals surface area (Å²) in [6.45, 7) is 4.17. The van der Waals surface area contributed by atoms with Gasteiger partial charge in [-0.25, -0.2) is 4.98 Å². The van der Waals surface area contributed by atoms with Gasteiger partial charge in [0.05, 0.1) is 5.69 Å². The lowest BCUT2D eigenvalue weighted by molar-refractivity contribution is 1.09. The number of nitriles is 2. The molecule has 90 valence electrons. The Kier molecular flexibility index (Phi) is 3.71. The van der Waals surface area contributed by atoms with E-state index in [1.807, 2.05) is 28.1 Å². The molecule has 6 heteroatoms. The van der Waals surface area contributed by atoms with Gasteiger partial charge >= 0.3 is 0 Å². The van der Waals surface area contributed by atoms with Crippen molar-refractivity contribution in [3.05, 3.63) is 22.8 Å². The fourth-order valence-electron chi connectivity index (χ4n) is 1.45. The lowest BCUT2D eigenvalue weighted by Gasteiger charge is -2.02. The van der Waals surface area contributed by atoms with Crippen molar-refractivity contribution in [2.24, 2.45) is 0 Å². The summed E-state index contributed by atoms with van der Waals surface area (Å²) in [6, 6.07) is 3.76. The van der Waals surface area contributed by atoms with Crippen molar-refractivity contribution in [1.29, 1.82) is 10.5 Å². The van der Waals surface area contributed by atoms with Gasteiger partial charge in [0, 0.05) is 16.8 Å². The van der Waals surface area contributed by atoms with Gasteiger partial charge in [0.15, 0.2) is 4.96 Å². The predicted octanol–water partition coefficient (Wildman–Crippen LogP) is 3.33. The molecule has 0 N–H and O–H groups in total. The molecule has 0 aliphatic heterocycles. The van der Waals surface area contributed by atoms with Crippen LogP contribution in [-0.2, 0) is 0 Å². The normalized spacial score (nSPS) is 10.3. The number of nitrogens with zero attached hydrogens (tertiary/aromatic N) is 4. The summed E-state index contributed by atoms with van der Waals surface area (Å²) in [6.07, 6.45) is 3.49. The molecule has 0 saturated carbocycles. The van der Waals surface area contributed by atoms with E-state index in [0.717, 1.165) is 15.7 Å². The Hall–Kier alpha value is -1.76. The number of allylic oxidation sites excluding steroid dienone is 1. The third-order valence-corrected chi connectivity index (χ3v) is 3.89. The zero-order valence-corrected chi connectivity index (χ0v) is 11.5. The first-order valence-electron chi connectivity index (χ1n) is 5.29. The Morgan fingerprint density at radius 3 is 2.83 bits per heavy atom. The van der Waals surface area contributed by atoms with E-state index in [1.165, 1.54) is 11.3 Å². The maximum atomic E-state index is 8.85. The van der Waals surface area contributed by atoms with Gasteiger partial charge in [-0.1, -0.05) is 13.8 Å². The van der Waals surface area contributed by atoms with Crippen molar-refractivity contribution < 1.29 is 0 Å². The summed E-state index contributed by atoms with van der Waals surface area (Å²) in [7, 11) is 0.